The minimum atomic E-state index is -0.534. The van der Waals surface area contributed by atoms with E-state index in [1.54, 1.807) is 28.9 Å². The van der Waals surface area contributed by atoms with Gasteiger partial charge in [0.15, 0.2) is 0 Å². The van der Waals surface area contributed by atoms with E-state index in [0.717, 1.165) is 15.9 Å². The van der Waals surface area contributed by atoms with Crippen LogP contribution >= 0.6 is 27.5 Å². The first-order valence-corrected chi connectivity index (χ1v) is 8.01. The van der Waals surface area contributed by atoms with Gasteiger partial charge in [-0.2, -0.15) is 5.10 Å². The Hall–Kier alpha value is -2.11. The van der Waals surface area contributed by atoms with Gasteiger partial charge in [-0.3, -0.25) is 0 Å². The van der Waals surface area contributed by atoms with Gasteiger partial charge in [-0.05, 0) is 37.3 Å². The van der Waals surface area contributed by atoms with E-state index in [-0.39, 0.29) is 0 Å². The quantitative estimate of drug-likeness (QED) is 0.602. The number of carbonyl (C=O) groups is 1. The minimum absolute atomic E-state index is 0.291. The summed E-state index contributed by atoms with van der Waals surface area (Å²) in [5.74, 6) is -0.192. The molecule has 2 aromatic carbocycles. The second kappa shape index (κ2) is 6.56. The van der Waals surface area contributed by atoms with E-state index in [2.05, 4.69) is 21.0 Å². The molecule has 0 unspecified atom stereocenters. The second-order valence-electron chi connectivity index (χ2n) is 4.88. The van der Waals surface area contributed by atoms with Crippen molar-refractivity contribution in [2.45, 2.75) is 6.92 Å². The first-order valence-electron chi connectivity index (χ1n) is 6.84. The Bertz CT molecular complexity index is 862. The molecule has 0 aliphatic rings. The Morgan fingerprint density at radius 2 is 1.91 bits per heavy atom. The summed E-state index contributed by atoms with van der Waals surface area (Å²) >= 11 is 9.40. The Balaban J connectivity index is 1.95. The molecular weight excluding hydrogens is 380 g/mol. The summed E-state index contributed by atoms with van der Waals surface area (Å²) in [6, 6.07) is 16.2. The van der Waals surface area contributed by atoms with Gasteiger partial charge < -0.3 is 4.74 Å². The third-order valence-corrected chi connectivity index (χ3v) is 3.97. The highest BCUT2D eigenvalue weighted by molar-refractivity contribution is 9.10. The molecule has 4 nitrogen and oxygen atoms in total. The molecular formula is C17H12BrClN2O2. The molecule has 0 radical (unpaired) electrons. The number of benzene rings is 2. The van der Waals surface area contributed by atoms with Gasteiger partial charge >= 0.3 is 5.97 Å². The molecule has 3 rings (SSSR count). The van der Waals surface area contributed by atoms with Gasteiger partial charge in [0.05, 0.1) is 22.0 Å². The van der Waals surface area contributed by atoms with E-state index >= 15 is 0 Å². The van der Waals surface area contributed by atoms with Crippen molar-refractivity contribution in [3.8, 4) is 11.6 Å². The number of halogens is 2. The number of ether oxygens (including phenoxy) is 1. The lowest BCUT2D eigenvalue weighted by molar-refractivity contribution is 0.0723. The fourth-order valence-corrected chi connectivity index (χ4v) is 2.66. The molecule has 3 aromatic rings. The highest BCUT2D eigenvalue weighted by atomic mass is 79.9. The van der Waals surface area contributed by atoms with Crippen LogP contribution in [-0.2, 0) is 0 Å². The lowest BCUT2D eigenvalue weighted by Gasteiger charge is -2.09. The number of esters is 1. The normalized spacial score (nSPS) is 10.6. The standard InChI is InChI=1S/C17H12BrClN2O2/c1-11-9-16(21(20-11)13-5-3-2-4-6-13)23-17(22)14-10-12(18)7-8-15(14)19/h2-10H,1H3. The van der Waals surface area contributed by atoms with Crippen molar-refractivity contribution in [2.24, 2.45) is 0 Å². The van der Waals surface area contributed by atoms with Crippen molar-refractivity contribution >= 4 is 33.5 Å². The minimum Gasteiger partial charge on any atom is -0.404 e. The molecule has 116 valence electrons. The lowest BCUT2D eigenvalue weighted by atomic mass is 10.2. The van der Waals surface area contributed by atoms with Crippen molar-refractivity contribution in [3.63, 3.8) is 0 Å². The molecule has 0 amide bonds. The zero-order valence-corrected chi connectivity index (χ0v) is 14.5. The van der Waals surface area contributed by atoms with Crippen LogP contribution in [0.4, 0.5) is 0 Å². The molecule has 1 heterocycles. The van der Waals surface area contributed by atoms with Gasteiger partial charge in [-0.25, -0.2) is 9.48 Å². The van der Waals surface area contributed by atoms with Crippen LogP contribution < -0.4 is 4.74 Å². The van der Waals surface area contributed by atoms with E-state index in [9.17, 15) is 4.79 Å². The maximum atomic E-state index is 12.4. The van der Waals surface area contributed by atoms with E-state index in [4.69, 9.17) is 16.3 Å². The molecule has 0 saturated carbocycles. The molecule has 0 aliphatic heterocycles. The number of carbonyl (C=O) groups excluding carboxylic acids is 1. The number of hydrogen-bond acceptors (Lipinski definition) is 3. The van der Waals surface area contributed by atoms with Crippen LogP contribution in [0.2, 0.25) is 5.02 Å². The SMILES string of the molecule is Cc1cc(OC(=O)c2cc(Br)ccc2Cl)n(-c2ccccc2)n1. The van der Waals surface area contributed by atoms with Gasteiger partial charge in [0, 0.05) is 10.5 Å². The third kappa shape index (κ3) is 3.46. The van der Waals surface area contributed by atoms with Crippen LogP contribution in [0.15, 0.2) is 59.1 Å². The molecule has 6 heteroatoms. The average molecular weight is 392 g/mol. The molecule has 0 N–H and O–H groups in total. The number of rotatable bonds is 3. The fourth-order valence-electron chi connectivity index (χ4n) is 2.11. The molecule has 0 saturated heterocycles. The molecule has 23 heavy (non-hydrogen) atoms. The van der Waals surface area contributed by atoms with Crippen LogP contribution in [0.5, 0.6) is 5.88 Å². The first kappa shape index (κ1) is 15.8. The fraction of sp³-hybridized carbons (Fsp3) is 0.0588. The van der Waals surface area contributed by atoms with Crippen LogP contribution in [0.25, 0.3) is 5.69 Å². The van der Waals surface area contributed by atoms with Gasteiger partial charge in [0.2, 0.25) is 5.88 Å². The predicted octanol–water partition coefficient (Wildman–Crippen LogP) is 4.82. The zero-order valence-electron chi connectivity index (χ0n) is 12.2. The number of para-hydroxylation sites is 1. The van der Waals surface area contributed by atoms with E-state index in [1.165, 1.54) is 0 Å². The highest BCUT2D eigenvalue weighted by Crippen LogP contribution is 2.24. The summed E-state index contributed by atoms with van der Waals surface area (Å²) in [6.45, 7) is 1.84. The highest BCUT2D eigenvalue weighted by Gasteiger charge is 2.17. The monoisotopic (exact) mass is 390 g/mol. The second-order valence-corrected chi connectivity index (χ2v) is 6.21. The van der Waals surface area contributed by atoms with Crippen LogP contribution in [-0.4, -0.2) is 15.7 Å². The summed E-state index contributed by atoms with van der Waals surface area (Å²) < 4.78 is 7.83. The maximum Gasteiger partial charge on any atom is 0.346 e. The Labute approximate surface area is 146 Å². The number of aryl methyl sites for hydroxylation is 1. The van der Waals surface area contributed by atoms with E-state index in [1.807, 2.05) is 37.3 Å². The van der Waals surface area contributed by atoms with Crippen LogP contribution in [0, 0.1) is 6.92 Å². The number of nitrogens with zero attached hydrogens (tertiary/aromatic N) is 2. The maximum absolute atomic E-state index is 12.4. The summed E-state index contributed by atoms with van der Waals surface area (Å²) in [4.78, 5) is 12.4. The Kier molecular flexibility index (Phi) is 4.50. The molecule has 1 aromatic heterocycles. The summed E-state index contributed by atoms with van der Waals surface area (Å²) in [7, 11) is 0. The molecule has 0 bridgehead atoms. The first-order chi connectivity index (χ1) is 11.0. The summed E-state index contributed by atoms with van der Waals surface area (Å²) in [5, 5.41) is 4.70. The van der Waals surface area contributed by atoms with E-state index < -0.39 is 5.97 Å². The topological polar surface area (TPSA) is 44.1 Å². The average Bonchev–Trinajstić information content (AvgIpc) is 2.91. The predicted molar refractivity (Wildman–Crippen MR) is 92.4 cm³/mol. The van der Waals surface area contributed by atoms with Crippen molar-refractivity contribution in [1.82, 2.24) is 9.78 Å². The van der Waals surface area contributed by atoms with Gasteiger partial charge in [0.25, 0.3) is 0 Å². The van der Waals surface area contributed by atoms with Crippen molar-refractivity contribution in [3.05, 3.63) is 75.4 Å². The smallest absolute Gasteiger partial charge is 0.346 e. The number of hydrogen-bond donors (Lipinski definition) is 0. The van der Waals surface area contributed by atoms with Crippen LogP contribution in [0.1, 0.15) is 16.1 Å². The van der Waals surface area contributed by atoms with Crippen molar-refractivity contribution in [2.75, 3.05) is 0 Å². The van der Waals surface area contributed by atoms with E-state index in [0.29, 0.717) is 16.5 Å². The Morgan fingerprint density at radius 3 is 2.65 bits per heavy atom. The summed E-state index contributed by atoms with van der Waals surface area (Å²) in [5.41, 5.74) is 1.85. The van der Waals surface area contributed by atoms with Gasteiger partial charge in [0.1, 0.15) is 0 Å². The largest absolute Gasteiger partial charge is 0.404 e. The van der Waals surface area contributed by atoms with Gasteiger partial charge in [-0.1, -0.05) is 45.7 Å². The molecule has 0 atom stereocenters. The zero-order chi connectivity index (χ0) is 16.4. The van der Waals surface area contributed by atoms with Crippen LogP contribution in [0.3, 0.4) is 0 Å². The number of aromatic nitrogens is 2. The molecule has 0 aliphatic carbocycles. The molecule has 0 fully saturated rings. The third-order valence-electron chi connectivity index (χ3n) is 3.15. The van der Waals surface area contributed by atoms with Crippen molar-refractivity contribution < 1.29 is 9.53 Å². The summed E-state index contributed by atoms with van der Waals surface area (Å²) in [6.07, 6.45) is 0. The lowest BCUT2D eigenvalue weighted by Crippen LogP contribution is -2.12. The van der Waals surface area contributed by atoms with Crippen molar-refractivity contribution in [1.29, 1.82) is 0 Å². The molecule has 0 spiro atoms. The Morgan fingerprint density at radius 1 is 1.17 bits per heavy atom. The van der Waals surface area contributed by atoms with Gasteiger partial charge in [-0.15, -0.1) is 0 Å².